The Labute approximate surface area is 136 Å². The van der Waals surface area contributed by atoms with Crippen molar-refractivity contribution in [3.63, 3.8) is 0 Å². The van der Waals surface area contributed by atoms with Crippen molar-refractivity contribution < 1.29 is 9.72 Å². The number of nitrogens with one attached hydrogen (secondary N) is 2. The van der Waals surface area contributed by atoms with E-state index in [1.807, 2.05) is 0 Å². The molecular weight excluding hydrogens is 296 g/mol. The second kappa shape index (κ2) is 7.92. The van der Waals surface area contributed by atoms with E-state index in [0.717, 1.165) is 26.1 Å². The molecular formula is C16H24N4O3. The van der Waals surface area contributed by atoms with Gasteiger partial charge in [0, 0.05) is 31.3 Å². The minimum atomic E-state index is -0.447. The fourth-order valence-corrected chi connectivity index (χ4v) is 2.86. The van der Waals surface area contributed by atoms with Crippen LogP contribution >= 0.6 is 0 Å². The summed E-state index contributed by atoms with van der Waals surface area (Å²) in [5.74, 6) is -0.330. The van der Waals surface area contributed by atoms with Gasteiger partial charge in [-0.2, -0.15) is 0 Å². The third-order valence-electron chi connectivity index (χ3n) is 4.21. The number of likely N-dealkylation sites (tertiary alicyclic amines) is 1. The first-order chi connectivity index (χ1) is 11.0. The molecule has 1 aromatic rings. The van der Waals surface area contributed by atoms with Crippen molar-refractivity contribution in [3.8, 4) is 0 Å². The van der Waals surface area contributed by atoms with Crippen LogP contribution in [0.3, 0.4) is 0 Å². The van der Waals surface area contributed by atoms with Crippen LogP contribution < -0.4 is 10.6 Å². The third-order valence-corrected chi connectivity index (χ3v) is 4.21. The maximum absolute atomic E-state index is 11.6. The molecule has 0 saturated carbocycles. The molecule has 2 N–H and O–H groups in total. The van der Waals surface area contributed by atoms with Crippen molar-refractivity contribution in [1.82, 2.24) is 10.2 Å². The Balaban J connectivity index is 2.16. The maximum atomic E-state index is 11.6. The molecule has 0 aliphatic carbocycles. The second-order valence-electron chi connectivity index (χ2n) is 5.83. The molecule has 1 heterocycles. The van der Waals surface area contributed by atoms with Gasteiger partial charge in [-0.05, 0) is 44.5 Å². The van der Waals surface area contributed by atoms with E-state index in [0.29, 0.717) is 5.69 Å². The van der Waals surface area contributed by atoms with Crippen LogP contribution in [0, 0.1) is 10.1 Å². The van der Waals surface area contributed by atoms with Crippen LogP contribution in [0.1, 0.15) is 36.5 Å². The second-order valence-corrected chi connectivity index (χ2v) is 5.83. The van der Waals surface area contributed by atoms with Gasteiger partial charge in [-0.15, -0.1) is 0 Å². The number of nitro groups is 1. The third kappa shape index (κ3) is 4.41. The number of anilines is 1. The Morgan fingerprint density at radius 2 is 2.09 bits per heavy atom. The highest BCUT2D eigenvalue weighted by Crippen LogP contribution is 2.27. The zero-order chi connectivity index (χ0) is 16.8. The summed E-state index contributed by atoms with van der Waals surface area (Å²) in [7, 11) is 1.50. The Kier molecular flexibility index (Phi) is 5.92. The molecule has 1 aromatic carbocycles. The number of amides is 1. The standard InChI is InChI=1S/C16H24N4O3/c1-3-13(11-19-8-4-5-9-19)18-14-7-6-12(16(21)17-2)10-15(14)20(22)23/h6-7,10,13,18H,3-5,8-9,11H2,1-2H3,(H,17,21)/t13-/m0/s1. The molecule has 1 aliphatic heterocycles. The molecule has 0 bridgehead atoms. The molecule has 23 heavy (non-hydrogen) atoms. The van der Waals surface area contributed by atoms with Crippen molar-refractivity contribution in [2.45, 2.75) is 32.2 Å². The monoisotopic (exact) mass is 320 g/mol. The van der Waals surface area contributed by atoms with E-state index in [-0.39, 0.29) is 23.2 Å². The lowest BCUT2D eigenvalue weighted by Crippen LogP contribution is -2.34. The van der Waals surface area contributed by atoms with E-state index in [2.05, 4.69) is 22.5 Å². The van der Waals surface area contributed by atoms with Gasteiger partial charge in [0.25, 0.3) is 11.6 Å². The van der Waals surface area contributed by atoms with E-state index in [4.69, 9.17) is 0 Å². The average Bonchev–Trinajstić information content (AvgIpc) is 3.06. The Morgan fingerprint density at radius 3 is 2.65 bits per heavy atom. The molecule has 126 valence electrons. The fourth-order valence-electron chi connectivity index (χ4n) is 2.86. The highest BCUT2D eigenvalue weighted by atomic mass is 16.6. The van der Waals surface area contributed by atoms with E-state index in [1.54, 1.807) is 12.1 Å². The molecule has 0 unspecified atom stereocenters. The van der Waals surface area contributed by atoms with Crippen LogP contribution in [0.4, 0.5) is 11.4 Å². The quantitative estimate of drug-likeness (QED) is 0.594. The number of benzene rings is 1. The molecule has 1 saturated heterocycles. The van der Waals surface area contributed by atoms with Gasteiger partial charge in [0.15, 0.2) is 0 Å². The smallest absolute Gasteiger partial charge is 0.293 e. The lowest BCUT2D eigenvalue weighted by molar-refractivity contribution is -0.384. The van der Waals surface area contributed by atoms with Crippen molar-refractivity contribution in [2.24, 2.45) is 0 Å². The molecule has 1 atom stereocenters. The number of carbonyl (C=O) groups excluding carboxylic acids is 1. The summed E-state index contributed by atoms with van der Waals surface area (Å²) in [5.41, 5.74) is 0.692. The first-order valence-electron chi connectivity index (χ1n) is 8.04. The predicted octanol–water partition coefficient (Wildman–Crippen LogP) is 2.24. The predicted molar refractivity (Wildman–Crippen MR) is 89.9 cm³/mol. The topological polar surface area (TPSA) is 87.5 Å². The first-order valence-corrected chi connectivity index (χ1v) is 8.04. The number of hydrogen-bond donors (Lipinski definition) is 2. The van der Waals surface area contributed by atoms with Crippen molar-refractivity contribution in [3.05, 3.63) is 33.9 Å². The number of carbonyl (C=O) groups is 1. The van der Waals surface area contributed by atoms with Crippen LogP contribution in [0.2, 0.25) is 0 Å². The van der Waals surface area contributed by atoms with Gasteiger partial charge in [-0.25, -0.2) is 0 Å². The summed E-state index contributed by atoms with van der Waals surface area (Å²) < 4.78 is 0. The molecule has 0 aromatic heterocycles. The van der Waals surface area contributed by atoms with Crippen LogP contribution in [0.5, 0.6) is 0 Å². The van der Waals surface area contributed by atoms with Crippen LogP contribution in [-0.4, -0.2) is 48.5 Å². The average molecular weight is 320 g/mol. The van der Waals surface area contributed by atoms with Gasteiger partial charge < -0.3 is 15.5 Å². The van der Waals surface area contributed by atoms with Crippen molar-refractivity contribution in [2.75, 3.05) is 32.0 Å². The van der Waals surface area contributed by atoms with Gasteiger partial charge in [0.1, 0.15) is 5.69 Å². The number of nitrogens with zero attached hydrogens (tertiary/aromatic N) is 2. The number of hydrogen-bond acceptors (Lipinski definition) is 5. The molecule has 1 aliphatic rings. The summed E-state index contributed by atoms with van der Waals surface area (Å²) in [4.78, 5) is 24.9. The first kappa shape index (κ1) is 17.2. The molecule has 2 rings (SSSR count). The van der Waals surface area contributed by atoms with E-state index in [1.165, 1.54) is 26.0 Å². The van der Waals surface area contributed by atoms with Crippen molar-refractivity contribution >= 4 is 17.3 Å². The molecule has 1 fully saturated rings. The normalized spacial score (nSPS) is 16.1. The zero-order valence-electron chi connectivity index (χ0n) is 13.7. The summed E-state index contributed by atoms with van der Waals surface area (Å²) in [6.45, 7) is 5.13. The summed E-state index contributed by atoms with van der Waals surface area (Å²) in [5, 5.41) is 17.1. The van der Waals surface area contributed by atoms with Crippen LogP contribution in [-0.2, 0) is 0 Å². The lowest BCUT2D eigenvalue weighted by atomic mass is 10.1. The molecule has 7 nitrogen and oxygen atoms in total. The number of rotatable bonds is 7. The molecule has 7 heteroatoms. The zero-order valence-corrected chi connectivity index (χ0v) is 13.7. The highest BCUT2D eigenvalue weighted by Gasteiger charge is 2.21. The number of nitro benzene ring substituents is 1. The van der Waals surface area contributed by atoms with Crippen LogP contribution in [0.15, 0.2) is 18.2 Å². The maximum Gasteiger partial charge on any atom is 0.293 e. The minimum Gasteiger partial charge on any atom is -0.375 e. The highest BCUT2D eigenvalue weighted by molar-refractivity contribution is 5.95. The minimum absolute atomic E-state index is 0.0639. The lowest BCUT2D eigenvalue weighted by Gasteiger charge is -2.24. The van der Waals surface area contributed by atoms with Gasteiger partial charge in [-0.1, -0.05) is 6.92 Å². The van der Waals surface area contributed by atoms with Crippen molar-refractivity contribution in [1.29, 1.82) is 0 Å². The molecule has 1 amide bonds. The Morgan fingerprint density at radius 1 is 1.39 bits per heavy atom. The summed E-state index contributed by atoms with van der Waals surface area (Å²) in [6, 6.07) is 4.70. The Hall–Kier alpha value is -2.15. The largest absolute Gasteiger partial charge is 0.375 e. The summed E-state index contributed by atoms with van der Waals surface area (Å²) in [6.07, 6.45) is 3.32. The van der Waals surface area contributed by atoms with Crippen LogP contribution in [0.25, 0.3) is 0 Å². The van der Waals surface area contributed by atoms with Gasteiger partial charge in [0.05, 0.1) is 4.92 Å². The van der Waals surface area contributed by atoms with E-state index in [9.17, 15) is 14.9 Å². The van der Waals surface area contributed by atoms with E-state index >= 15 is 0 Å². The molecule has 0 radical (unpaired) electrons. The summed E-state index contributed by atoms with van der Waals surface area (Å²) >= 11 is 0. The molecule has 0 spiro atoms. The Bertz CT molecular complexity index is 570. The van der Waals surface area contributed by atoms with Gasteiger partial charge in [-0.3, -0.25) is 14.9 Å². The van der Waals surface area contributed by atoms with Gasteiger partial charge in [0.2, 0.25) is 0 Å². The SMILES string of the molecule is CC[C@@H](CN1CCCC1)Nc1ccc(C(=O)NC)cc1[N+](=O)[O-]. The van der Waals surface area contributed by atoms with E-state index < -0.39 is 4.92 Å². The van der Waals surface area contributed by atoms with Gasteiger partial charge >= 0.3 is 0 Å². The fraction of sp³-hybridized carbons (Fsp3) is 0.562.